The smallest absolute Gasteiger partial charge is 0.173 e. The Balaban J connectivity index is 1.45. The van der Waals surface area contributed by atoms with E-state index in [-0.39, 0.29) is 0 Å². The molecule has 2 rings (SSSR count). The number of azide groups is 1. The summed E-state index contributed by atoms with van der Waals surface area (Å²) in [5.74, 6) is 0. The molecule has 156 valence electrons. The third-order valence-corrected chi connectivity index (χ3v) is 4.99. The van der Waals surface area contributed by atoms with E-state index in [0.29, 0.717) is 6.54 Å². The van der Waals surface area contributed by atoms with E-state index in [1.54, 1.807) is 0 Å². The van der Waals surface area contributed by atoms with Crippen LogP contribution in [0.25, 0.3) is 10.4 Å². The van der Waals surface area contributed by atoms with Gasteiger partial charge in [-0.1, -0.05) is 67.6 Å². The van der Waals surface area contributed by atoms with Gasteiger partial charge in [0.2, 0.25) is 0 Å². The first-order valence-electron chi connectivity index (χ1n) is 11.0. The lowest BCUT2D eigenvalue weighted by Crippen LogP contribution is -2.33. The molecule has 1 heterocycles. The number of pyridine rings is 1. The zero-order valence-corrected chi connectivity index (χ0v) is 17.6. The second-order valence-electron chi connectivity index (χ2n) is 7.52. The lowest BCUT2D eigenvalue weighted by Gasteiger charge is -2.05. The van der Waals surface area contributed by atoms with Crippen molar-refractivity contribution >= 4 is 0 Å². The third-order valence-electron chi connectivity index (χ3n) is 4.99. The molecule has 2 aromatic rings. The minimum absolute atomic E-state index is 0.639. The van der Waals surface area contributed by atoms with Crippen LogP contribution in [0.2, 0.25) is 0 Å². The molecule has 0 saturated carbocycles. The van der Waals surface area contributed by atoms with Crippen molar-refractivity contribution in [2.45, 2.75) is 64.3 Å². The molecule has 0 amide bonds. The molecular formula is C24H35N4O+. The Kier molecular flexibility index (Phi) is 12.3. The highest BCUT2D eigenvalue weighted by Gasteiger charge is 2.04. The normalized spacial score (nSPS) is 10.6. The van der Waals surface area contributed by atoms with Crippen molar-refractivity contribution < 1.29 is 9.30 Å². The van der Waals surface area contributed by atoms with Crippen molar-refractivity contribution in [2.75, 3.05) is 19.8 Å². The zero-order chi connectivity index (χ0) is 20.4. The lowest BCUT2D eigenvalue weighted by atomic mass is 10.1. The summed E-state index contributed by atoms with van der Waals surface area (Å²) in [5, 5.41) is 3.56. The van der Waals surface area contributed by atoms with Crippen LogP contribution < -0.4 is 4.57 Å². The molecule has 0 aliphatic carbocycles. The van der Waals surface area contributed by atoms with Crippen LogP contribution in [0.5, 0.6) is 0 Å². The van der Waals surface area contributed by atoms with Gasteiger partial charge in [-0.15, -0.1) is 0 Å². The Labute approximate surface area is 175 Å². The van der Waals surface area contributed by atoms with Crippen molar-refractivity contribution in [1.29, 1.82) is 0 Å². The van der Waals surface area contributed by atoms with Gasteiger partial charge in [0.05, 0.1) is 0 Å². The van der Waals surface area contributed by atoms with Crippen molar-refractivity contribution in [3.8, 4) is 0 Å². The topological polar surface area (TPSA) is 61.9 Å². The molecule has 0 aliphatic heterocycles. The first kappa shape index (κ1) is 22.9. The van der Waals surface area contributed by atoms with Crippen LogP contribution in [-0.2, 0) is 17.7 Å². The summed E-state index contributed by atoms with van der Waals surface area (Å²) in [4.78, 5) is 2.77. The van der Waals surface area contributed by atoms with Crippen LogP contribution in [-0.4, -0.2) is 19.8 Å². The predicted molar refractivity (Wildman–Crippen MR) is 118 cm³/mol. The molecule has 0 aliphatic rings. The summed E-state index contributed by atoms with van der Waals surface area (Å²) >= 11 is 0. The molecule has 0 saturated heterocycles. The largest absolute Gasteiger partial charge is 0.381 e. The van der Waals surface area contributed by atoms with E-state index in [9.17, 15) is 0 Å². The van der Waals surface area contributed by atoms with E-state index in [0.717, 1.165) is 45.4 Å². The van der Waals surface area contributed by atoms with Gasteiger partial charge in [-0.2, -0.15) is 0 Å². The van der Waals surface area contributed by atoms with Crippen LogP contribution in [0.15, 0.2) is 60.0 Å². The highest BCUT2D eigenvalue weighted by atomic mass is 16.5. The Morgan fingerprint density at radius 2 is 1.48 bits per heavy atom. The van der Waals surface area contributed by atoms with Gasteiger partial charge in [0, 0.05) is 41.9 Å². The first-order valence-corrected chi connectivity index (χ1v) is 11.0. The van der Waals surface area contributed by atoms with Crippen molar-refractivity contribution in [3.63, 3.8) is 0 Å². The van der Waals surface area contributed by atoms with E-state index in [1.165, 1.54) is 43.2 Å². The maximum absolute atomic E-state index is 8.21. The van der Waals surface area contributed by atoms with Gasteiger partial charge in [0.25, 0.3) is 0 Å². The molecule has 0 radical (unpaired) electrons. The highest BCUT2D eigenvalue weighted by Crippen LogP contribution is 2.08. The summed E-state index contributed by atoms with van der Waals surface area (Å²) in [7, 11) is 0. The van der Waals surface area contributed by atoms with E-state index >= 15 is 0 Å². The number of aryl methyl sites for hydroxylation is 1. The SMILES string of the molecule is [N-]=[N+]=NCCCCCCCCCOCCCc1ccc[n+](Cc2ccccc2)c1. The summed E-state index contributed by atoms with van der Waals surface area (Å²) < 4.78 is 8.05. The van der Waals surface area contributed by atoms with E-state index in [1.807, 2.05) is 0 Å². The summed E-state index contributed by atoms with van der Waals surface area (Å²) in [6, 6.07) is 14.9. The molecule has 0 fully saturated rings. The fraction of sp³-hybridized carbons (Fsp3) is 0.542. The maximum Gasteiger partial charge on any atom is 0.173 e. The molecule has 0 atom stereocenters. The number of nitrogens with zero attached hydrogens (tertiary/aromatic N) is 4. The van der Waals surface area contributed by atoms with Crippen LogP contribution in [0, 0.1) is 0 Å². The number of benzene rings is 1. The standard InChI is InChI=1S/C24H35N4O/c25-27-26-17-9-4-2-1-3-5-10-19-29-20-12-16-24-15-11-18-28(22-24)21-23-13-7-6-8-14-23/h6-8,11,13-15,18,22H,1-5,9-10,12,16-17,19-21H2/q+1. The minimum atomic E-state index is 0.639. The average molecular weight is 396 g/mol. The van der Waals surface area contributed by atoms with E-state index in [2.05, 4.69) is 69.5 Å². The Bertz CT molecular complexity index is 714. The number of rotatable bonds is 16. The van der Waals surface area contributed by atoms with Gasteiger partial charge in [-0.05, 0) is 37.3 Å². The predicted octanol–water partition coefficient (Wildman–Crippen LogP) is 6.01. The zero-order valence-electron chi connectivity index (χ0n) is 17.6. The Morgan fingerprint density at radius 3 is 2.28 bits per heavy atom. The molecule has 1 aromatic heterocycles. The van der Waals surface area contributed by atoms with Gasteiger partial charge >= 0.3 is 0 Å². The van der Waals surface area contributed by atoms with Gasteiger partial charge in [-0.25, -0.2) is 4.57 Å². The van der Waals surface area contributed by atoms with E-state index < -0.39 is 0 Å². The number of hydrogen-bond donors (Lipinski definition) is 0. The van der Waals surface area contributed by atoms with Crippen LogP contribution in [0.1, 0.15) is 62.5 Å². The Hall–Kier alpha value is -2.36. The molecule has 0 N–H and O–H groups in total. The maximum atomic E-state index is 8.21. The van der Waals surface area contributed by atoms with Crippen LogP contribution >= 0.6 is 0 Å². The van der Waals surface area contributed by atoms with Crippen LogP contribution in [0.3, 0.4) is 0 Å². The van der Waals surface area contributed by atoms with E-state index in [4.69, 9.17) is 10.3 Å². The molecule has 0 spiro atoms. The van der Waals surface area contributed by atoms with Crippen molar-refractivity contribution in [2.24, 2.45) is 5.11 Å². The lowest BCUT2D eigenvalue weighted by molar-refractivity contribution is -0.688. The van der Waals surface area contributed by atoms with Gasteiger partial charge in [-0.3, -0.25) is 0 Å². The molecular weight excluding hydrogens is 360 g/mol. The number of ether oxygens (including phenoxy) is 1. The fourth-order valence-electron chi connectivity index (χ4n) is 3.41. The fourth-order valence-corrected chi connectivity index (χ4v) is 3.41. The highest BCUT2D eigenvalue weighted by molar-refractivity contribution is 5.13. The van der Waals surface area contributed by atoms with Crippen molar-refractivity contribution in [1.82, 2.24) is 0 Å². The van der Waals surface area contributed by atoms with Gasteiger partial charge < -0.3 is 4.74 Å². The summed E-state index contributed by atoms with van der Waals surface area (Å²) in [6.45, 7) is 3.27. The number of unbranched alkanes of at least 4 members (excludes halogenated alkanes) is 6. The minimum Gasteiger partial charge on any atom is -0.381 e. The monoisotopic (exact) mass is 395 g/mol. The number of aromatic nitrogens is 1. The Morgan fingerprint density at radius 1 is 0.793 bits per heavy atom. The first-order chi connectivity index (χ1) is 14.4. The molecule has 0 unspecified atom stereocenters. The quantitative estimate of drug-likeness (QED) is 0.113. The summed E-state index contributed by atoms with van der Waals surface area (Å²) in [6.07, 6.45) is 14.9. The second kappa shape index (κ2) is 15.5. The summed E-state index contributed by atoms with van der Waals surface area (Å²) in [5.41, 5.74) is 10.9. The average Bonchev–Trinajstić information content (AvgIpc) is 2.75. The molecule has 0 bridgehead atoms. The molecule has 29 heavy (non-hydrogen) atoms. The second-order valence-corrected chi connectivity index (χ2v) is 7.52. The van der Waals surface area contributed by atoms with Gasteiger partial charge in [0.15, 0.2) is 18.9 Å². The van der Waals surface area contributed by atoms with Crippen LogP contribution in [0.4, 0.5) is 0 Å². The molecule has 5 nitrogen and oxygen atoms in total. The van der Waals surface area contributed by atoms with Gasteiger partial charge in [0.1, 0.15) is 0 Å². The third kappa shape index (κ3) is 11.3. The molecule has 5 heteroatoms. The van der Waals surface area contributed by atoms with Crippen molar-refractivity contribution in [3.05, 3.63) is 76.4 Å². The number of hydrogen-bond acceptors (Lipinski definition) is 2. The molecule has 1 aromatic carbocycles.